The molecule has 0 radical (unpaired) electrons. The molecule has 0 saturated heterocycles. The maximum atomic E-state index is 13.4. The average molecular weight is 657 g/mol. The first-order valence-electron chi connectivity index (χ1n) is 13.0. The minimum Gasteiger partial charge on any atom is -0.490 e. The molecule has 1 N–H and O–H groups in total. The van der Waals surface area contributed by atoms with E-state index >= 15 is 0 Å². The number of anilines is 1. The summed E-state index contributed by atoms with van der Waals surface area (Å²) in [5, 5.41) is 19.9. The highest BCUT2D eigenvalue weighted by Gasteiger charge is 2.24. The minimum absolute atomic E-state index is 0.0440. The second-order valence-corrected chi connectivity index (χ2v) is 10.6. The van der Waals surface area contributed by atoms with Crippen molar-refractivity contribution in [3.63, 3.8) is 0 Å². The largest absolute Gasteiger partial charge is 0.490 e. The summed E-state index contributed by atoms with van der Waals surface area (Å²) in [6.45, 7) is 5.28. The summed E-state index contributed by atoms with van der Waals surface area (Å²) in [5.74, 6) is -0.333. The third kappa shape index (κ3) is 7.12. The van der Waals surface area contributed by atoms with Crippen LogP contribution >= 0.6 is 27.5 Å². The van der Waals surface area contributed by atoms with Gasteiger partial charge in [-0.15, -0.1) is 0 Å². The normalized spacial score (nSPS) is 11.9. The van der Waals surface area contributed by atoms with Gasteiger partial charge in [0.1, 0.15) is 5.82 Å². The highest BCUT2D eigenvalue weighted by molar-refractivity contribution is 9.10. The zero-order valence-electron chi connectivity index (χ0n) is 23.0. The van der Waals surface area contributed by atoms with Crippen molar-refractivity contribution in [2.24, 2.45) is 5.10 Å². The molecule has 0 aliphatic carbocycles. The summed E-state index contributed by atoms with van der Waals surface area (Å²) in [7, 11) is 0. The summed E-state index contributed by atoms with van der Waals surface area (Å²) in [6, 6.07) is 14.4. The number of fused-ring (bicyclic) bond motifs is 1. The predicted molar refractivity (Wildman–Crippen MR) is 165 cm³/mol. The van der Waals surface area contributed by atoms with Crippen molar-refractivity contribution in [3.8, 4) is 11.5 Å². The van der Waals surface area contributed by atoms with Crippen LogP contribution in [0.2, 0.25) is 5.02 Å². The van der Waals surface area contributed by atoms with Crippen molar-refractivity contribution >= 4 is 61.9 Å². The number of hydrogen-bond donors (Lipinski definition) is 1. The lowest BCUT2D eigenvalue weighted by molar-refractivity contribution is -0.385. The summed E-state index contributed by atoms with van der Waals surface area (Å²) in [5.41, 5.74) is 0.498. The molecule has 0 bridgehead atoms. The van der Waals surface area contributed by atoms with Crippen LogP contribution in [0.15, 0.2) is 69.0 Å². The predicted octanol–water partition coefficient (Wildman–Crippen LogP) is 6.53. The summed E-state index contributed by atoms with van der Waals surface area (Å²) in [6.07, 6.45) is 2.03. The van der Waals surface area contributed by atoms with Gasteiger partial charge in [-0.05, 0) is 61.9 Å². The molecule has 3 aromatic carbocycles. The Hall–Kier alpha value is -4.29. The third-order valence-electron chi connectivity index (χ3n) is 6.24. The number of nitro benzene ring substituents is 1. The lowest BCUT2D eigenvalue weighted by atomic mass is 10.1. The number of nitro groups is 1. The SMILES string of the molecule is CCOc1cc(C=Nn2c([C@@H](C)CC)nc3ccc(Br)cc3c2=O)cc([N+](=O)[O-])c1OCC(=O)Nc1ccc(Cl)cc1. The average Bonchev–Trinajstić information content (AvgIpc) is 2.97. The zero-order valence-corrected chi connectivity index (χ0v) is 25.3. The van der Waals surface area contributed by atoms with E-state index in [0.717, 1.165) is 4.47 Å². The lowest BCUT2D eigenvalue weighted by Gasteiger charge is -2.14. The quantitative estimate of drug-likeness (QED) is 0.110. The molecule has 1 aromatic heterocycles. The molecular weight excluding hydrogens is 630 g/mol. The van der Waals surface area contributed by atoms with E-state index in [-0.39, 0.29) is 35.1 Å². The van der Waals surface area contributed by atoms with Gasteiger partial charge in [-0.1, -0.05) is 41.4 Å². The molecule has 42 heavy (non-hydrogen) atoms. The fourth-order valence-electron chi connectivity index (χ4n) is 4.00. The van der Waals surface area contributed by atoms with Gasteiger partial charge >= 0.3 is 5.69 Å². The number of amides is 1. The maximum absolute atomic E-state index is 13.4. The van der Waals surface area contributed by atoms with Gasteiger partial charge in [0.2, 0.25) is 5.75 Å². The van der Waals surface area contributed by atoms with Gasteiger partial charge in [0.25, 0.3) is 11.5 Å². The number of hydrogen-bond acceptors (Lipinski definition) is 8. The first kappa shape index (κ1) is 30.7. The topological polar surface area (TPSA) is 138 Å². The Labute approximate surface area is 254 Å². The molecular formula is C29H27BrClN5O6. The van der Waals surface area contributed by atoms with Gasteiger partial charge in [0.15, 0.2) is 12.4 Å². The highest BCUT2D eigenvalue weighted by atomic mass is 79.9. The van der Waals surface area contributed by atoms with Gasteiger partial charge in [0, 0.05) is 32.7 Å². The number of benzene rings is 3. The molecule has 0 aliphatic rings. The number of carbonyl (C=O) groups is 1. The number of rotatable bonds is 11. The Bertz CT molecular complexity index is 1720. The van der Waals surface area contributed by atoms with Crippen LogP contribution in [0.3, 0.4) is 0 Å². The van der Waals surface area contributed by atoms with Gasteiger partial charge in [-0.25, -0.2) is 4.98 Å². The molecule has 0 aliphatic heterocycles. The molecule has 1 heterocycles. The second kappa shape index (κ2) is 13.6. The van der Waals surface area contributed by atoms with Gasteiger partial charge in [-0.2, -0.15) is 9.78 Å². The van der Waals surface area contributed by atoms with Crippen molar-refractivity contribution in [1.82, 2.24) is 9.66 Å². The molecule has 13 heteroatoms. The van der Waals surface area contributed by atoms with Gasteiger partial charge < -0.3 is 14.8 Å². The van der Waals surface area contributed by atoms with Gasteiger partial charge in [-0.3, -0.25) is 19.7 Å². The van der Waals surface area contributed by atoms with Crippen LogP contribution in [0.25, 0.3) is 10.9 Å². The minimum atomic E-state index is -0.641. The van der Waals surface area contributed by atoms with E-state index in [2.05, 4.69) is 31.3 Å². The Morgan fingerprint density at radius 2 is 1.93 bits per heavy atom. The number of nitrogens with one attached hydrogen (secondary N) is 1. The fraction of sp³-hybridized carbons (Fsp3) is 0.241. The van der Waals surface area contributed by atoms with E-state index < -0.39 is 23.1 Å². The third-order valence-corrected chi connectivity index (χ3v) is 6.98. The molecule has 0 unspecified atom stereocenters. The van der Waals surface area contributed by atoms with Crippen molar-refractivity contribution in [3.05, 3.63) is 95.9 Å². The first-order valence-corrected chi connectivity index (χ1v) is 14.2. The molecule has 218 valence electrons. The molecule has 11 nitrogen and oxygen atoms in total. The van der Waals surface area contributed by atoms with Crippen LogP contribution < -0.4 is 20.3 Å². The molecule has 0 spiro atoms. The van der Waals surface area contributed by atoms with Crippen molar-refractivity contribution in [2.75, 3.05) is 18.5 Å². The van der Waals surface area contributed by atoms with Crippen LogP contribution in [-0.2, 0) is 4.79 Å². The molecule has 4 aromatic rings. The number of aromatic nitrogens is 2. The van der Waals surface area contributed by atoms with E-state index in [9.17, 15) is 19.7 Å². The number of nitrogens with zero attached hydrogens (tertiary/aromatic N) is 4. The van der Waals surface area contributed by atoms with Crippen LogP contribution in [0.4, 0.5) is 11.4 Å². The van der Waals surface area contributed by atoms with Crippen LogP contribution in [-0.4, -0.2) is 39.9 Å². The molecule has 4 rings (SSSR count). The Balaban J connectivity index is 1.69. The van der Waals surface area contributed by atoms with E-state index in [0.29, 0.717) is 33.9 Å². The Morgan fingerprint density at radius 1 is 1.19 bits per heavy atom. The van der Waals surface area contributed by atoms with Crippen molar-refractivity contribution < 1.29 is 19.2 Å². The fourth-order valence-corrected chi connectivity index (χ4v) is 4.48. The Morgan fingerprint density at radius 3 is 2.60 bits per heavy atom. The molecule has 1 atom stereocenters. The molecule has 0 fully saturated rings. The van der Waals surface area contributed by atoms with Gasteiger partial charge in [0.05, 0.1) is 28.6 Å². The van der Waals surface area contributed by atoms with E-state index in [1.54, 1.807) is 43.3 Å². The van der Waals surface area contributed by atoms with E-state index in [1.165, 1.54) is 23.0 Å². The Kier molecular flexibility index (Phi) is 9.92. The molecule has 1 amide bonds. The monoisotopic (exact) mass is 655 g/mol. The maximum Gasteiger partial charge on any atom is 0.315 e. The summed E-state index contributed by atoms with van der Waals surface area (Å²) < 4.78 is 13.1. The number of carbonyl (C=O) groups excluding carboxylic acids is 1. The first-order chi connectivity index (χ1) is 20.1. The smallest absolute Gasteiger partial charge is 0.315 e. The number of ether oxygens (including phenoxy) is 2. The van der Waals surface area contributed by atoms with Crippen molar-refractivity contribution in [1.29, 1.82) is 0 Å². The second-order valence-electron chi connectivity index (χ2n) is 9.20. The van der Waals surface area contributed by atoms with E-state index in [1.807, 2.05) is 19.9 Å². The van der Waals surface area contributed by atoms with Crippen LogP contribution in [0.5, 0.6) is 11.5 Å². The van der Waals surface area contributed by atoms with Crippen molar-refractivity contribution in [2.45, 2.75) is 33.1 Å². The summed E-state index contributed by atoms with van der Waals surface area (Å²) >= 11 is 9.26. The zero-order chi connectivity index (χ0) is 30.4. The van der Waals surface area contributed by atoms with Crippen LogP contribution in [0.1, 0.15) is 44.5 Å². The lowest BCUT2D eigenvalue weighted by Crippen LogP contribution is -2.23. The van der Waals surface area contributed by atoms with Crippen LogP contribution in [0, 0.1) is 10.1 Å². The standard InChI is InChI=1S/C29H27BrClN5O6/c1-4-17(3)28-34-23-11-6-19(30)14-22(23)29(38)35(28)32-15-18-12-24(36(39)40)27(25(13-18)41-5-2)42-16-26(37)33-21-9-7-20(31)8-10-21/h6-15,17H,4-5,16H2,1-3H3,(H,33,37)/t17-/m0/s1. The summed E-state index contributed by atoms with van der Waals surface area (Å²) in [4.78, 5) is 42.0. The number of halogens is 2. The highest BCUT2D eigenvalue weighted by Crippen LogP contribution is 2.38. The molecule has 0 saturated carbocycles. The van der Waals surface area contributed by atoms with E-state index in [4.69, 9.17) is 21.1 Å².